The predicted molar refractivity (Wildman–Crippen MR) is 124 cm³/mol. The highest BCUT2D eigenvalue weighted by molar-refractivity contribution is 6.05. The molecule has 0 spiro atoms. The molecule has 31 heavy (non-hydrogen) atoms. The zero-order valence-electron chi connectivity index (χ0n) is 18.3. The van der Waals surface area contributed by atoms with E-state index in [9.17, 15) is 9.59 Å². The molecule has 1 aliphatic heterocycles. The Hall–Kier alpha value is -3.05. The molecule has 4 rings (SSSR count). The van der Waals surface area contributed by atoms with E-state index in [1.807, 2.05) is 49.5 Å². The first-order valence-electron chi connectivity index (χ1n) is 11.0. The van der Waals surface area contributed by atoms with Crippen LogP contribution >= 0.6 is 0 Å². The van der Waals surface area contributed by atoms with Crippen LogP contribution in [0.15, 0.2) is 48.7 Å². The van der Waals surface area contributed by atoms with Gasteiger partial charge in [0, 0.05) is 35.8 Å². The van der Waals surface area contributed by atoms with Gasteiger partial charge in [-0.2, -0.15) is 0 Å². The van der Waals surface area contributed by atoms with Crippen LogP contribution < -0.4 is 5.32 Å². The Morgan fingerprint density at radius 2 is 1.77 bits per heavy atom. The maximum absolute atomic E-state index is 12.7. The molecule has 5 heteroatoms. The molecule has 1 aliphatic rings. The first kappa shape index (κ1) is 21.2. The van der Waals surface area contributed by atoms with Crippen LogP contribution in [-0.4, -0.2) is 34.7 Å². The van der Waals surface area contributed by atoms with Crippen LogP contribution in [0.25, 0.3) is 10.9 Å². The molecule has 160 valence electrons. The van der Waals surface area contributed by atoms with E-state index < -0.39 is 0 Å². The average molecular weight is 416 g/mol. The Morgan fingerprint density at radius 3 is 2.48 bits per heavy atom. The highest BCUT2D eigenvalue weighted by atomic mass is 16.1. The van der Waals surface area contributed by atoms with E-state index in [-0.39, 0.29) is 11.7 Å². The Morgan fingerprint density at radius 1 is 1.03 bits per heavy atom. The molecule has 0 saturated carbocycles. The van der Waals surface area contributed by atoms with Gasteiger partial charge in [0.05, 0.1) is 5.52 Å². The van der Waals surface area contributed by atoms with Crippen LogP contribution in [0.5, 0.6) is 0 Å². The number of ketones is 1. The van der Waals surface area contributed by atoms with Crippen molar-refractivity contribution in [2.45, 2.75) is 46.1 Å². The van der Waals surface area contributed by atoms with Crippen molar-refractivity contribution >= 4 is 28.3 Å². The molecule has 0 atom stereocenters. The SMILES string of the molecule is CC(=O)CCc1ccc(C(=O)Nc2ccc3cc(CN4CCCC4)cnc3c2C)cc1. The molecule has 1 amide bonds. The smallest absolute Gasteiger partial charge is 0.255 e. The molecule has 0 bridgehead atoms. The fourth-order valence-corrected chi connectivity index (χ4v) is 4.15. The maximum atomic E-state index is 12.7. The van der Waals surface area contributed by atoms with Gasteiger partial charge in [-0.15, -0.1) is 0 Å². The summed E-state index contributed by atoms with van der Waals surface area (Å²) < 4.78 is 0. The molecule has 2 heterocycles. The largest absolute Gasteiger partial charge is 0.322 e. The van der Waals surface area contributed by atoms with Crippen molar-refractivity contribution in [1.29, 1.82) is 0 Å². The Balaban J connectivity index is 1.46. The first-order chi connectivity index (χ1) is 15.0. The zero-order valence-corrected chi connectivity index (χ0v) is 18.3. The number of nitrogens with zero attached hydrogens (tertiary/aromatic N) is 2. The fraction of sp³-hybridized carbons (Fsp3) is 0.346. The summed E-state index contributed by atoms with van der Waals surface area (Å²) in [5, 5.41) is 4.12. The van der Waals surface area contributed by atoms with Gasteiger partial charge >= 0.3 is 0 Å². The van der Waals surface area contributed by atoms with Gasteiger partial charge in [0.15, 0.2) is 0 Å². The second kappa shape index (κ2) is 9.40. The van der Waals surface area contributed by atoms with Crippen LogP contribution in [-0.2, 0) is 17.8 Å². The minimum atomic E-state index is -0.147. The third kappa shape index (κ3) is 5.17. The molecule has 3 aromatic rings. The van der Waals surface area contributed by atoms with Gasteiger partial charge in [-0.05, 0) is 87.2 Å². The highest BCUT2D eigenvalue weighted by Crippen LogP contribution is 2.26. The van der Waals surface area contributed by atoms with Crippen LogP contribution in [0.4, 0.5) is 5.69 Å². The normalized spacial score (nSPS) is 14.1. The van der Waals surface area contributed by atoms with Gasteiger partial charge in [-0.3, -0.25) is 14.7 Å². The molecule has 1 aromatic heterocycles. The predicted octanol–water partition coefficient (Wildman–Crippen LogP) is 4.91. The van der Waals surface area contributed by atoms with Gasteiger partial charge in [0.2, 0.25) is 0 Å². The summed E-state index contributed by atoms with van der Waals surface area (Å²) in [6.45, 7) is 6.87. The number of benzene rings is 2. The molecular formula is C26H29N3O2. The average Bonchev–Trinajstić information content (AvgIpc) is 3.27. The van der Waals surface area contributed by atoms with Crippen molar-refractivity contribution in [3.05, 3.63) is 70.9 Å². The number of fused-ring (bicyclic) bond motifs is 1. The monoisotopic (exact) mass is 415 g/mol. The van der Waals surface area contributed by atoms with Crippen LogP contribution in [0.1, 0.15) is 53.2 Å². The molecule has 1 N–H and O–H groups in total. The number of Topliss-reactive ketones (excluding diaryl/α,β-unsaturated/α-hetero) is 1. The van der Waals surface area contributed by atoms with Crippen LogP contribution in [0, 0.1) is 6.92 Å². The van der Waals surface area contributed by atoms with Crippen LogP contribution in [0.2, 0.25) is 0 Å². The van der Waals surface area contributed by atoms with Gasteiger partial charge < -0.3 is 10.1 Å². The Kier molecular flexibility index (Phi) is 6.42. The number of nitrogens with one attached hydrogen (secondary N) is 1. The lowest BCUT2D eigenvalue weighted by Gasteiger charge is -2.15. The van der Waals surface area contributed by atoms with E-state index in [1.54, 1.807) is 6.92 Å². The van der Waals surface area contributed by atoms with Gasteiger partial charge in [-0.25, -0.2) is 0 Å². The molecular weight excluding hydrogens is 386 g/mol. The molecule has 5 nitrogen and oxygen atoms in total. The lowest BCUT2D eigenvalue weighted by molar-refractivity contribution is -0.116. The number of carbonyl (C=O) groups is 2. The van der Waals surface area contributed by atoms with Crippen molar-refractivity contribution in [3.8, 4) is 0 Å². The summed E-state index contributed by atoms with van der Waals surface area (Å²) in [5.41, 5.74) is 5.55. The van der Waals surface area contributed by atoms with Gasteiger partial charge in [0.1, 0.15) is 5.78 Å². The van der Waals surface area contributed by atoms with Crippen LogP contribution in [0.3, 0.4) is 0 Å². The first-order valence-corrected chi connectivity index (χ1v) is 11.0. The maximum Gasteiger partial charge on any atom is 0.255 e. The number of pyridine rings is 1. The summed E-state index contributed by atoms with van der Waals surface area (Å²) in [7, 11) is 0. The topological polar surface area (TPSA) is 62.3 Å². The van der Waals surface area contributed by atoms with E-state index in [0.717, 1.165) is 34.3 Å². The van der Waals surface area contributed by atoms with Crippen molar-refractivity contribution in [2.24, 2.45) is 0 Å². The molecule has 2 aromatic carbocycles. The number of rotatable bonds is 7. The highest BCUT2D eigenvalue weighted by Gasteiger charge is 2.14. The van der Waals surface area contributed by atoms with E-state index in [4.69, 9.17) is 4.98 Å². The number of amides is 1. The standard InChI is InChI=1S/C26H29N3O2/c1-18(30)5-6-20-7-9-22(10-8-20)26(31)28-24-12-11-23-15-21(16-27-25(23)19(24)2)17-29-13-3-4-14-29/h7-12,15-16H,3-6,13-14,17H2,1-2H3,(H,28,31). The number of likely N-dealkylation sites (tertiary alicyclic amines) is 1. The third-order valence-electron chi connectivity index (χ3n) is 6.00. The Labute approximate surface area is 183 Å². The third-order valence-corrected chi connectivity index (χ3v) is 6.00. The van der Waals surface area contributed by atoms with E-state index in [0.29, 0.717) is 18.4 Å². The molecule has 0 aliphatic carbocycles. The van der Waals surface area contributed by atoms with E-state index >= 15 is 0 Å². The summed E-state index contributed by atoms with van der Waals surface area (Å²) in [4.78, 5) is 31.1. The molecule has 0 radical (unpaired) electrons. The number of aryl methyl sites for hydroxylation is 2. The second-order valence-electron chi connectivity index (χ2n) is 8.49. The summed E-state index contributed by atoms with van der Waals surface area (Å²) in [6, 6.07) is 13.6. The number of aromatic nitrogens is 1. The molecule has 1 saturated heterocycles. The summed E-state index contributed by atoms with van der Waals surface area (Å²) >= 11 is 0. The van der Waals surface area contributed by atoms with E-state index in [1.165, 1.54) is 31.5 Å². The minimum absolute atomic E-state index is 0.147. The summed E-state index contributed by atoms with van der Waals surface area (Å²) in [6.07, 6.45) is 5.74. The molecule has 0 unspecified atom stereocenters. The molecule has 1 fully saturated rings. The van der Waals surface area contributed by atoms with Gasteiger partial charge in [-0.1, -0.05) is 18.2 Å². The van der Waals surface area contributed by atoms with E-state index in [2.05, 4.69) is 16.3 Å². The minimum Gasteiger partial charge on any atom is -0.322 e. The number of carbonyl (C=O) groups excluding carboxylic acids is 2. The lowest BCUT2D eigenvalue weighted by Crippen LogP contribution is -2.18. The van der Waals surface area contributed by atoms with Gasteiger partial charge in [0.25, 0.3) is 5.91 Å². The number of hydrogen-bond donors (Lipinski definition) is 1. The zero-order chi connectivity index (χ0) is 21.8. The van der Waals surface area contributed by atoms with Crippen molar-refractivity contribution in [2.75, 3.05) is 18.4 Å². The Bertz CT molecular complexity index is 1100. The lowest BCUT2D eigenvalue weighted by atomic mass is 10.0. The van der Waals surface area contributed by atoms with Crippen molar-refractivity contribution < 1.29 is 9.59 Å². The fourth-order valence-electron chi connectivity index (χ4n) is 4.15. The number of hydrogen-bond acceptors (Lipinski definition) is 4. The summed E-state index contributed by atoms with van der Waals surface area (Å²) in [5.74, 6) is 0.0246. The second-order valence-corrected chi connectivity index (χ2v) is 8.49. The quantitative estimate of drug-likeness (QED) is 0.595. The van der Waals surface area contributed by atoms with Crippen molar-refractivity contribution in [1.82, 2.24) is 9.88 Å². The number of anilines is 1. The van der Waals surface area contributed by atoms with Crippen molar-refractivity contribution in [3.63, 3.8) is 0 Å².